The van der Waals surface area contributed by atoms with Gasteiger partial charge in [0, 0.05) is 30.7 Å². The molecule has 1 fully saturated rings. The van der Waals surface area contributed by atoms with E-state index >= 15 is 0 Å². The van der Waals surface area contributed by atoms with Crippen LogP contribution in [0.2, 0.25) is 0 Å². The van der Waals surface area contributed by atoms with Crippen LogP contribution in [0.3, 0.4) is 0 Å². The van der Waals surface area contributed by atoms with Gasteiger partial charge in [-0.05, 0) is 61.6 Å². The van der Waals surface area contributed by atoms with Crippen molar-refractivity contribution < 1.29 is 13.2 Å². The lowest BCUT2D eigenvalue weighted by Crippen LogP contribution is -2.49. The number of nitrogens with zero attached hydrogens (tertiary/aromatic N) is 2. The van der Waals surface area contributed by atoms with E-state index in [-0.39, 0.29) is 11.4 Å². The third-order valence-electron chi connectivity index (χ3n) is 6.26. The number of para-hydroxylation sites is 1. The van der Waals surface area contributed by atoms with Crippen LogP contribution in [0.5, 0.6) is 0 Å². The Morgan fingerprint density at radius 3 is 2.41 bits per heavy atom. The van der Waals surface area contributed by atoms with Gasteiger partial charge in [-0.2, -0.15) is 8.42 Å². The zero-order chi connectivity index (χ0) is 20.8. The summed E-state index contributed by atoms with van der Waals surface area (Å²) >= 11 is 0. The molecule has 0 aliphatic carbocycles. The smallest absolute Gasteiger partial charge is 0.321 e. The Bertz CT molecular complexity index is 1060. The molecule has 2 aliphatic rings. The fourth-order valence-electron chi connectivity index (χ4n) is 4.40. The maximum absolute atomic E-state index is 12.7. The molecule has 1 spiro atoms. The van der Waals surface area contributed by atoms with Crippen LogP contribution >= 0.6 is 0 Å². The third-order valence-corrected chi connectivity index (χ3v) is 7.20. The lowest BCUT2D eigenvalue weighted by molar-refractivity contribution is 0.173. The average Bonchev–Trinajstić information content (AvgIpc) is 3.00. The summed E-state index contributed by atoms with van der Waals surface area (Å²) in [6, 6.07) is 13.3. The van der Waals surface area contributed by atoms with Crippen molar-refractivity contribution in [2.75, 3.05) is 29.3 Å². The highest BCUT2D eigenvalue weighted by Gasteiger charge is 2.47. The highest BCUT2D eigenvalue weighted by Crippen LogP contribution is 2.47. The Kier molecular flexibility index (Phi) is 4.78. The van der Waals surface area contributed by atoms with E-state index < -0.39 is 10.2 Å². The molecule has 0 aromatic heterocycles. The minimum Gasteiger partial charge on any atom is -0.324 e. The molecule has 2 aliphatic heterocycles. The highest BCUT2D eigenvalue weighted by atomic mass is 32.2. The van der Waals surface area contributed by atoms with E-state index in [1.807, 2.05) is 50.2 Å². The minimum atomic E-state index is -3.83. The number of nitrogens with two attached hydrogens (primary N) is 1. The second kappa shape index (κ2) is 7.03. The first-order valence-electron chi connectivity index (χ1n) is 9.73. The topological polar surface area (TPSA) is 95.7 Å². The number of benzene rings is 2. The summed E-state index contributed by atoms with van der Waals surface area (Å²) in [7, 11) is -3.83. The molecule has 29 heavy (non-hydrogen) atoms. The van der Waals surface area contributed by atoms with Crippen LogP contribution in [0, 0.1) is 13.8 Å². The zero-order valence-electron chi connectivity index (χ0n) is 16.7. The van der Waals surface area contributed by atoms with Gasteiger partial charge in [0.25, 0.3) is 10.2 Å². The van der Waals surface area contributed by atoms with Crippen LogP contribution in [-0.4, -0.2) is 39.0 Å². The summed E-state index contributed by atoms with van der Waals surface area (Å²) in [6.07, 6.45) is 1.38. The van der Waals surface area contributed by atoms with Gasteiger partial charge < -0.3 is 10.2 Å². The van der Waals surface area contributed by atoms with E-state index in [0.29, 0.717) is 38.2 Å². The van der Waals surface area contributed by atoms with Crippen molar-refractivity contribution in [3.05, 3.63) is 59.2 Å². The number of rotatable bonds is 2. The number of amides is 2. The molecule has 0 unspecified atom stereocenters. The average molecular weight is 415 g/mol. The summed E-state index contributed by atoms with van der Waals surface area (Å²) in [4.78, 5) is 14.5. The Morgan fingerprint density at radius 1 is 1.07 bits per heavy atom. The molecule has 0 radical (unpaired) electrons. The number of carbonyl (C=O) groups is 1. The number of carbonyl (C=O) groups excluding carboxylic acids is 1. The molecule has 0 atom stereocenters. The van der Waals surface area contributed by atoms with Gasteiger partial charge in [0.1, 0.15) is 0 Å². The van der Waals surface area contributed by atoms with Gasteiger partial charge in [0.05, 0.1) is 5.69 Å². The Balaban J connectivity index is 1.49. The van der Waals surface area contributed by atoms with Crippen LogP contribution in [-0.2, 0) is 15.6 Å². The first kappa shape index (κ1) is 19.7. The molecule has 154 valence electrons. The quantitative estimate of drug-likeness (QED) is 0.791. The third kappa shape index (κ3) is 3.58. The number of hydrogen-bond donors (Lipinski definition) is 2. The molecule has 1 saturated heterocycles. The molecular formula is C21H26N4O3S. The fraction of sp³-hybridized carbons (Fsp3) is 0.381. The first-order valence-corrected chi connectivity index (χ1v) is 11.2. The van der Waals surface area contributed by atoms with Crippen LogP contribution in [0.25, 0.3) is 0 Å². The SMILES string of the molecule is Cc1ccc(NC(=O)N2CCC3(CC2)CN(S(N)(=O)=O)c2ccccc23)cc1C. The molecule has 2 aromatic carbocycles. The summed E-state index contributed by atoms with van der Waals surface area (Å²) < 4.78 is 25.5. The molecule has 2 amide bonds. The molecule has 4 rings (SSSR count). The van der Waals surface area contributed by atoms with Gasteiger partial charge in [0.2, 0.25) is 0 Å². The van der Waals surface area contributed by atoms with Crippen molar-refractivity contribution >= 4 is 27.6 Å². The molecule has 8 heteroatoms. The number of aryl methyl sites for hydroxylation is 2. The number of anilines is 2. The zero-order valence-corrected chi connectivity index (χ0v) is 17.5. The van der Waals surface area contributed by atoms with Gasteiger partial charge in [0.15, 0.2) is 0 Å². The summed E-state index contributed by atoms with van der Waals surface area (Å²) in [6.45, 7) is 5.50. The Hall–Kier alpha value is -2.58. The maximum Gasteiger partial charge on any atom is 0.321 e. The van der Waals surface area contributed by atoms with Crippen molar-refractivity contribution in [1.29, 1.82) is 0 Å². The fourth-order valence-corrected chi connectivity index (χ4v) is 5.26. The van der Waals surface area contributed by atoms with Crippen molar-refractivity contribution in [3.63, 3.8) is 0 Å². The summed E-state index contributed by atoms with van der Waals surface area (Å²) in [5.74, 6) is 0. The van der Waals surface area contributed by atoms with Gasteiger partial charge in [-0.1, -0.05) is 24.3 Å². The summed E-state index contributed by atoms with van der Waals surface area (Å²) in [5, 5.41) is 8.42. The second-order valence-electron chi connectivity index (χ2n) is 8.07. The van der Waals surface area contributed by atoms with Gasteiger partial charge >= 0.3 is 6.03 Å². The molecule has 0 bridgehead atoms. The molecule has 2 aromatic rings. The van der Waals surface area contributed by atoms with E-state index in [2.05, 4.69) is 5.32 Å². The van der Waals surface area contributed by atoms with Gasteiger partial charge in [-0.3, -0.25) is 4.31 Å². The van der Waals surface area contributed by atoms with E-state index in [4.69, 9.17) is 5.14 Å². The van der Waals surface area contributed by atoms with Crippen LogP contribution in [0.15, 0.2) is 42.5 Å². The highest BCUT2D eigenvalue weighted by molar-refractivity contribution is 7.90. The number of likely N-dealkylation sites (tertiary alicyclic amines) is 1. The molecule has 0 saturated carbocycles. The van der Waals surface area contributed by atoms with Crippen molar-refractivity contribution in [2.24, 2.45) is 5.14 Å². The lowest BCUT2D eigenvalue weighted by Gasteiger charge is -2.39. The van der Waals surface area contributed by atoms with Crippen LogP contribution < -0.4 is 14.8 Å². The maximum atomic E-state index is 12.7. The second-order valence-corrected chi connectivity index (χ2v) is 9.54. The largest absolute Gasteiger partial charge is 0.324 e. The molecule has 3 N–H and O–H groups in total. The number of nitrogens with one attached hydrogen (secondary N) is 1. The predicted octanol–water partition coefficient (Wildman–Crippen LogP) is 2.89. The monoisotopic (exact) mass is 414 g/mol. The minimum absolute atomic E-state index is 0.127. The number of fused-ring (bicyclic) bond motifs is 2. The molecular weight excluding hydrogens is 388 g/mol. The number of piperidine rings is 1. The number of urea groups is 1. The van der Waals surface area contributed by atoms with Gasteiger partial charge in [-0.15, -0.1) is 0 Å². The van der Waals surface area contributed by atoms with Crippen LogP contribution in [0.4, 0.5) is 16.2 Å². The van der Waals surface area contributed by atoms with E-state index in [1.54, 1.807) is 11.0 Å². The molecule has 7 nitrogen and oxygen atoms in total. The van der Waals surface area contributed by atoms with E-state index in [1.165, 1.54) is 9.87 Å². The van der Waals surface area contributed by atoms with E-state index in [0.717, 1.165) is 16.8 Å². The normalized spacial score (nSPS) is 18.0. The van der Waals surface area contributed by atoms with Crippen LogP contribution in [0.1, 0.15) is 29.5 Å². The standard InChI is InChI=1S/C21H26N4O3S/c1-15-7-8-17(13-16(15)2)23-20(26)24-11-9-21(10-12-24)14-25(29(22,27)28)19-6-4-3-5-18(19)21/h3-8,13H,9-12,14H2,1-2H3,(H,23,26)(H2,22,27,28). The Labute approximate surface area is 171 Å². The van der Waals surface area contributed by atoms with E-state index in [9.17, 15) is 13.2 Å². The number of hydrogen-bond acceptors (Lipinski definition) is 3. The summed E-state index contributed by atoms with van der Waals surface area (Å²) in [5.41, 5.74) is 4.45. The van der Waals surface area contributed by atoms with Crippen molar-refractivity contribution in [3.8, 4) is 0 Å². The van der Waals surface area contributed by atoms with Crippen molar-refractivity contribution in [2.45, 2.75) is 32.1 Å². The predicted molar refractivity (Wildman–Crippen MR) is 114 cm³/mol. The van der Waals surface area contributed by atoms with Crippen molar-refractivity contribution in [1.82, 2.24) is 4.90 Å². The molecule has 2 heterocycles. The van der Waals surface area contributed by atoms with Gasteiger partial charge in [-0.25, -0.2) is 9.93 Å². The Morgan fingerprint density at radius 2 is 1.76 bits per heavy atom. The first-order chi connectivity index (χ1) is 13.7. The lowest BCUT2D eigenvalue weighted by atomic mass is 9.74.